The van der Waals surface area contributed by atoms with Crippen LogP contribution in [0.5, 0.6) is 5.75 Å². The number of ether oxygens (including phenoxy) is 1. The topological polar surface area (TPSA) is 95.0 Å². The molecule has 200 valence electrons. The summed E-state index contributed by atoms with van der Waals surface area (Å²) in [7, 11) is 2.05. The molecule has 8 heteroatoms. The predicted octanol–water partition coefficient (Wildman–Crippen LogP) is 3.95. The molecular weight excluding hydrogens is 468 g/mol. The highest BCUT2D eigenvalue weighted by atomic mass is 16.5. The minimum Gasteiger partial charge on any atom is -0.486 e. The first kappa shape index (κ1) is 27.1. The number of carbonyl (C=O) groups excluding carboxylic acids is 2. The molecule has 2 aromatic rings. The molecule has 4 rings (SSSR count). The Morgan fingerprint density at radius 3 is 2.65 bits per heavy atom. The maximum Gasteiger partial charge on any atom is 0.258 e. The van der Waals surface area contributed by atoms with Gasteiger partial charge in [0.15, 0.2) is 5.75 Å². The van der Waals surface area contributed by atoms with Crippen LogP contribution in [0.1, 0.15) is 61.9 Å². The Balaban J connectivity index is 1.63. The second-order valence-corrected chi connectivity index (χ2v) is 10.7. The number of likely N-dealkylation sites (N-methyl/N-ethyl adjacent to an activating group) is 1. The third-order valence-electron chi connectivity index (χ3n) is 7.62. The molecule has 1 aromatic heterocycles. The van der Waals surface area contributed by atoms with Gasteiger partial charge in [0.1, 0.15) is 6.10 Å². The van der Waals surface area contributed by atoms with Gasteiger partial charge >= 0.3 is 0 Å². The average molecular weight is 509 g/mol. The third-order valence-corrected chi connectivity index (χ3v) is 7.62. The maximum absolute atomic E-state index is 13.7. The lowest BCUT2D eigenvalue weighted by Crippen LogP contribution is -2.49. The Hall–Kier alpha value is -2.97. The molecule has 0 radical (unpaired) electrons. The molecule has 37 heavy (non-hydrogen) atoms. The van der Waals surface area contributed by atoms with Gasteiger partial charge in [-0.15, -0.1) is 0 Å². The fourth-order valence-electron chi connectivity index (χ4n) is 5.33. The van der Waals surface area contributed by atoms with Gasteiger partial charge in [0.2, 0.25) is 5.91 Å². The van der Waals surface area contributed by atoms with Crippen molar-refractivity contribution in [3.05, 3.63) is 53.9 Å². The van der Waals surface area contributed by atoms with E-state index in [1.807, 2.05) is 32.2 Å². The lowest BCUT2D eigenvalue weighted by molar-refractivity contribution is -0.120. The van der Waals surface area contributed by atoms with Crippen LogP contribution in [-0.2, 0) is 11.3 Å². The molecule has 3 atom stereocenters. The smallest absolute Gasteiger partial charge is 0.258 e. The monoisotopic (exact) mass is 508 g/mol. The zero-order chi connectivity index (χ0) is 26.4. The second-order valence-electron chi connectivity index (χ2n) is 10.7. The highest BCUT2D eigenvalue weighted by Gasteiger charge is 2.35. The number of carbonyl (C=O) groups is 2. The Morgan fingerprint density at radius 1 is 1.22 bits per heavy atom. The summed E-state index contributed by atoms with van der Waals surface area (Å²) in [4.78, 5) is 34.8. The maximum atomic E-state index is 13.7. The van der Waals surface area contributed by atoms with Gasteiger partial charge in [-0.2, -0.15) is 0 Å². The van der Waals surface area contributed by atoms with E-state index in [0.717, 1.165) is 37.8 Å². The lowest BCUT2D eigenvalue weighted by Gasteiger charge is -2.38. The second kappa shape index (κ2) is 12.5. The van der Waals surface area contributed by atoms with Crippen molar-refractivity contribution in [2.75, 3.05) is 32.1 Å². The molecule has 1 saturated carbocycles. The van der Waals surface area contributed by atoms with Crippen LogP contribution in [0.3, 0.4) is 0 Å². The summed E-state index contributed by atoms with van der Waals surface area (Å²) in [5, 5.41) is 13.0. The number of anilines is 1. The minimum absolute atomic E-state index is 0.00640. The van der Waals surface area contributed by atoms with Crippen LogP contribution in [-0.4, -0.2) is 70.6 Å². The fourth-order valence-corrected chi connectivity index (χ4v) is 5.33. The number of hydrogen-bond acceptors (Lipinski definition) is 6. The van der Waals surface area contributed by atoms with Crippen molar-refractivity contribution >= 4 is 17.5 Å². The van der Waals surface area contributed by atoms with Gasteiger partial charge in [0.25, 0.3) is 5.91 Å². The van der Waals surface area contributed by atoms with Gasteiger partial charge in [0.05, 0.1) is 23.9 Å². The van der Waals surface area contributed by atoms with Crippen LogP contribution < -0.4 is 10.1 Å². The largest absolute Gasteiger partial charge is 0.486 e. The van der Waals surface area contributed by atoms with E-state index in [2.05, 4.69) is 22.1 Å². The van der Waals surface area contributed by atoms with E-state index in [0.29, 0.717) is 30.1 Å². The first-order valence-electron chi connectivity index (χ1n) is 13.5. The van der Waals surface area contributed by atoms with Crippen molar-refractivity contribution in [3.63, 3.8) is 0 Å². The summed E-state index contributed by atoms with van der Waals surface area (Å²) in [6, 6.07) is 9.01. The first-order valence-corrected chi connectivity index (χ1v) is 13.5. The number of benzene rings is 1. The number of nitrogens with one attached hydrogen (secondary N) is 1. The average Bonchev–Trinajstić information content (AvgIpc) is 2.91. The predicted molar refractivity (Wildman–Crippen MR) is 143 cm³/mol. The molecule has 1 aromatic carbocycles. The van der Waals surface area contributed by atoms with E-state index in [9.17, 15) is 14.7 Å². The summed E-state index contributed by atoms with van der Waals surface area (Å²) in [5.41, 5.74) is 2.10. The Morgan fingerprint density at radius 2 is 1.95 bits per heavy atom. The zero-order valence-corrected chi connectivity index (χ0v) is 22.2. The third kappa shape index (κ3) is 6.67. The quantitative estimate of drug-likeness (QED) is 0.561. The molecule has 0 bridgehead atoms. The summed E-state index contributed by atoms with van der Waals surface area (Å²) < 4.78 is 6.63. The molecule has 1 aliphatic carbocycles. The molecule has 0 saturated heterocycles. The molecular formula is C29H40N4O4. The number of nitrogens with zero attached hydrogens (tertiary/aromatic N) is 3. The normalized spacial score (nSPS) is 21.5. The van der Waals surface area contributed by atoms with Crippen LogP contribution in [0, 0.1) is 11.8 Å². The molecule has 0 unspecified atom stereocenters. The summed E-state index contributed by atoms with van der Waals surface area (Å²) in [6.07, 6.45) is 8.43. The minimum atomic E-state index is -0.336. The van der Waals surface area contributed by atoms with Crippen molar-refractivity contribution < 1.29 is 19.4 Å². The number of aliphatic hydroxyl groups is 1. The van der Waals surface area contributed by atoms with Crippen LogP contribution in [0.15, 0.2) is 42.7 Å². The SMILES string of the molecule is C[C@@H]1CN([C@H](C)CO)C(=O)c2cccc(NC(=O)C3CCCCC3)c2O[C@H]1CN(C)Cc1ccncc1. The van der Waals surface area contributed by atoms with Crippen LogP contribution in [0.2, 0.25) is 0 Å². The van der Waals surface area contributed by atoms with Crippen molar-refractivity contribution in [2.24, 2.45) is 11.8 Å². The number of aromatic nitrogens is 1. The molecule has 8 nitrogen and oxygen atoms in total. The van der Waals surface area contributed by atoms with Gasteiger partial charge in [-0.05, 0) is 56.6 Å². The Labute approximate surface area is 220 Å². The highest BCUT2D eigenvalue weighted by Crippen LogP contribution is 2.36. The molecule has 2 heterocycles. The number of amides is 2. The molecule has 0 spiro atoms. The number of rotatable bonds is 8. The van der Waals surface area contributed by atoms with Crippen molar-refractivity contribution in [2.45, 2.75) is 64.6 Å². The van der Waals surface area contributed by atoms with E-state index in [-0.39, 0.29) is 42.4 Å². The zero-order valence-electron chi connectivity index (χ0n) is 22.2. The van der Waals surface area contributed by atoms with E-state index >= 15 is 0 Å². The summed E-state index contributed by atoms with van der Waals surface area (Å²) in [6.45, 7) is 5.63. The van der Waals surface area contributed by atoms with Crippen LogP contribution in [0.25, 0.3) is 0 Å². The molecule has 2 N–H and O–H groups in total. The molecule has 2 amide bonds. The Bertz CT molecular complexity index is 1060. The summed E-state index contributed by atoms with van der Waals surface area (Å²) in [5.74, 6) is 0.196. The number of pyridine rings is 1. The fraction of sp³-hybridized carbons (Fsp3) is 0.552. The molecule has 1 fully saturated rings. The number of para-hydroxylation sites is 1. The lowest BCUT2D eigenvalue weighted by atomic mass is 9.88. The van der Waals surface area contributed by atoms with Crippen LogP contribution >= 0.6 is 0 Å². The molecule has 1 aliphatic heterocycles. The highest BCUT2D eigenvalue weighted by molar-refractivity contribution is 6.02. The van der Waals surface area contributed by atoms with Crippen molar-refractivity contribution in [3.8, 4) is 5.75 Å². The van der Waals surface area contributed by atoms with E-state index in [1.54, 1.807) is 29.4 Å². The van der Waals surface area contributed by atoms with Gasteiger partial charge < -0.3 is 20.1 Å². The molecule has 2 aliphatic rings. The number of fused-ring (bicyclic) bond motifs is 1. The van der Waals surface area contributed by atoms with Crippen molar-refractivity contribution in [1.29, 1.82) is 0 Å². The number of aliphatic hydroxyl groups excluding tert-OH is 1. The van der Waals surface area contributed by atoms with Gasteiger partial charge in [-0.1, -0.05) is 32.3 Å². The van der Waals surface area contributed by atoms with Crippen molar-refractivity contribution in [1.82, 2.24) is 14.8 Å². The standard InChI is InChI=1S/C29H40N4O4/c1-20-16-33(21(2)19-34)29(36)24-10-7-11-25(31-28(35)23-8-5-4-6-9-23)27(24)37-26(20)18-32(3)17-22-12-14-30-15-13-22/h7,10-15,20-21,23,26,34H,4-6,8-9,16-19H2,1-3H3,(H,31,35)/t20-,21-,26+/m1/s1. The summed E-state index contributed by atoms with van der Waals surface area (Å²) >= 11 is 0. The van der Waals surface area contributed by atoms with E-state index in [1.165, 1.54) is 6.42 Å². The first-order chi connectivity index (χ1) is 17.9. The van der Waals surface area contributed by atoms with E-state index in [4.69, 9.17) is 4.74 Å². The number of hydrogen-bond donors (Lipinski definition) is 2. The Kier molecular flexibility index (Phi) is 9.16. The van der Waals surface area contributed by atoms with Gasteiger partial charge in [0, 0.05) is 43.9 Å². The van der Waals surface area contributed by atoms with Gasteiger partial charge in [-0.25, -0.2) is 0 Å². The van der Waals surface area contributed by atoms with E-state index < -0.39 is 0 Å². The van der Waals surface area contributed by atoms with Gasteiger partial charge in [-0.3, -0.25) is 19.5 Å². The van der Waals surface area contributed by atoms with Crippen LogP contribution in [0.4, 0.5) is 5.69 Å².